The third kappa shape index (κ3) is 2.77. The third-order valence-corrected chi connectivity index (χ3v) is 4.06. The second-order valence-corrected chi connectivity index (χ2v) is 6.36. The SMILES string of the molecule is COc1cc(S(C)(=O)=O)cc(OC)c1-c1ccccc1. The van der Waals surface area contributed by atoms with Crippen LogP contribution in [0.3, 0.4) is 0 Å². The maximum absolute atomic E-state index is 11.7. The molecule has 0 radical (unpaired) electrons. The molecule has 0 atom stereocenters. The van der Waals surface area contributed by atoms with E-state index in [1.807, 2.05) is 30.3 Å². The van der Waals surface area contributed by atoms with Gasteiger partial charge in [-0.3, -0.25) is 0 Å². The molecule has 0 N–H and O–H groups in total. The predicted molar refractivity (Wildman–Crippen MR) is 78.1 cm³/mol. The van der Waals surface area contributed by atoms with E-state index in [-0.39, 0.29) is 4.90 Å². The Morgan fingerprint density at radius 3 is 1.80 bits per heavy atom. The molecule has 2 aromatic carbocycles. The molecule has 0 saturated heterocycles. The van der Waals surface area contributed by atoms with Gasteiger partial charge in [-0.25, -0.2) is 8.42 Å². The molecular weight excluding hydrogens is 276 g/mol. The van der Waals surface area contributed by atoms with Crippen LogP contribution in [0.5, 0.6) is 11.5 Å². The van der Waals surface area contributed by atoms with Gasteiger partial charge in [0.15, 0.2) is 9.84 Å². The van der Waals surface area contributed by atoms with Gasteiger partial charge in [-0.05, 0) is 17.7 Å². The topological polar surface area (TPSA) is 52.6 Å². The van der Waals surface area contributed by atoms with E-state index >= 15 is 0 Å². The van der Waals surface area contributed by atoms with E-state index in [2.05, 4.69) is 0 Å². The molecule has 2 rings (SSSR count). The van der Waals surface area contributed by atoms with Crippen LogP contribution in [-0.2, 0) is 9.84 Å². The molecule has 0 aliphatic rings. The quantitative estimate of drug-likeness (QED) is 0.869. The fourth-order valence-corrected chi connectivity index (χ4v) is 2.63. The first-order valence-electron chi connectivity index (χ1n) is 5.99. The predicted octanol–water partition coefficient (Wildman–Crippen LogP) is 2.77. The second-order valence-electron chi connectivity index (χ2n) is 4.34. The van der Waals surface area contributed by atoms with Gasteiger partial charge in [-0.1, -0.05) is 30.3 Å². The molecule has 0 unspecified atom stereocenters. The maximum Gasteiger partial charge on any atom is 0.175 e. The molecule has 0 aromatic heterocycles. The Labute approximate surface area is 118 Å². The average Bonchev–Trinajstić information content (AvgIpc) is 2.45. The number of ether oxygens (including phenoxy) is 2. The summed E-state index contributed by atoms with van der Waals surface area (Å²) in [6.07, 6.45) is 1.16. The van der Waals surface area contributed by atoms with Crippen molar-refractivity contribution in [2.75, 3.05) is 20.5 Å². The highest BCUT2D eigenvalue weighted by Crippen LogP contribution is 2.40. The molecular formula is C15H16O4S. The van der Waals surface area contributed by atoms with Gasteiger partial charge in [0.1, 0.15) is 11.5 Å². The summed E-state index contributed by atoms with van der Waals surface area (Å²) < 4.78 is 34.1. The van der Waals surface area contributed by atoms with Gasteiger partial charge in [0.05, 0.1) is 24.7 Å². The maximum atomic E-state index is 11.7. The molecule has 0 fully saturated rings. The highest BCUT2D eigenvalue weighted by Gasteiger charge is 2.18. The first-order valence-corrected chi connectivity index (χ1v) is 7.88. The number of benzene rings is 2. The molecule has 20 heavy (non-hydrogen) atoms. The Kier molecular flexibility index (Phi) is 3.99. The molecule has 0 bridgehead atoms. The lowest BCUT2D eigenvalue weighted by Gasteiger charge is -2.15. The van der Waals surface area contributed by atoms with Crippen molar-refractivity contribution in [3.8, 4) is 22.6 Å². The van der Waals surface area contributed by atoms with Crippen LogP contribution in [0, 0.1) is 0 Å². The summed E-state index contributed by atoms with van der Waals surface area (Å²) in [6, 6.07) is 12.6. The van der Waals surface area contributed by atoms with Gasteiger partial charge in [-0.15, -0.1) is 0 Å². The molecule has 4 nitrogen and oxygen atoms in total. The Balaban J connectivity index is 2.75. The van der Waals surface area contributed by atoms with Crippen LogP contribution in [0.2, 0.25) is 0 Å². The van der Waals surface area contributed by atoms with E-state index < -0.39 is 9.84 Å². The Morgan fingerprint density at radius 1 is 0.900 bits per heavy atom. The normalized spacial score (nSPS) is 11.2. The van der Waals surface area contributed by atoms with Crippen molar-refractivity contribution in [2.24, 2.45) is 0 Å². The Bertz CT molecular complexity index is 681. The van der Waals surface area contributed by atoms with Crippen LogP contribution in [0.1, 0.15) is 0 Å². The fourth-order valence-electron chi connectivity index (χ4n) is 1.99. The summed E-state index contributed by atoms with van der Waals surface area (Å²) in [5.41, 5.74) is 1.64. The number of hydrogen-bond donors (Lipinski definition) is 0. The Hall–Kier alpha value is -2.01. The molecule has 0 saturated carbocycles. The van der Waals surface area contributed by atoms with E-state index in [1.54, 1.807) is 0 Å². The highest BCUT2D eigenvalue weighted by atomic mass is 32.2. The van der Waals surface area contributed by atoms with E-state index in [4.69, 9.17) is 9.47 Å². The van der Waals surface area contributed by atoms with Gasteiger partial charge in [0.2, 0.25) is 0 Å². The van der Waals surface area contributed by atoms with Crippen LogP contribution in [0.25, 0.3) is 11.1 Å². The molecule has 0 aliphatic carbocycles. The van der Waals surface area contributed by atoms with Gasteiger partial charge in [-0.2, -0.15) is 0 Å². The number of sulfone groups is 1. The molecule has 0 spiro atoms. The summed E-state index contributed by atoms with van der Waals surface area (Å²) in [5, 5.41) is 0. The third-order valence-electron chi connectivity index (χ3n) is 2.97. The number of hydrogen-bond acceptors (Lipinski definition) is 4. The molecule has 2 aromatic rings. The van der Waals surface area contributed by atoms with Crippen molar-refractivity contribution in [1.82, 2.24) is 0 Å². The van der Waals surface area contributed by atoms with Crippen LogP contribution in [0.15, 0.2) is 47.4 Å². The highest BCUT2D eigenvalue weighted by molar-refractivity contribution is 7.90. The van der Waals surface area contributed by atoms with Crippen molar-refractivity contribution in [1.29, 1.82) is 0 Å². The van der Waals surface area contributed by atoms with Crippen LogP contribution < -0.4 is 9.47 Å². The zero-order valence-electron chi connectivity index (χ0n) is 11.6. The van der Waals surface area contributed by atoms with E-state index in [0.717, 1.165) is 17.4 Å². The fraction of sp³-hybridized carbons (Fsp3) is 0.200. The summed E-state index contributed by atoms with van der Waals surface area (Å²) in [5.74, 6) is 0.937. The minimum atomic E-state index is -3.33. The zero-order chi connectivity index (χ0) is 14.8. The number of rotatable bonds is 4. The van der Waals surface area contributed by atoms with Crippen molar-refractivity contribution < 1.29 is 17.9 Å². The Morgan fingerprint density at radius 2 is 1.40 bits per heavy atom. The minimum Gasteiger partial charge on any atom is -0.496 e. The second kappa shape index (κ2) is 5.54. The summed E-state index contributed by atoms with van der Waals surface area (Å²) in [4.78, 5) is 0.172. The van der Waals surface area contributed by atoms with E-state index in [0.29, 0.717) is 11.5 Å². The molecule has 0 aliphatic heterocycles. The smallest absolute Gasteiger partial charge is 0.175 e. The van der Waals surface area contributed by atoms with Gasteiger partial charge >= 0.3 is 0 Å². The van der Waals surface area contributed by atoms with Gasteiger partial charge in [0, 0.05) is 6.26 Å². The molecule has 106 valence electrons. The lowest BCUT2D eigenvalue weighted by molar-refractivity contribution is 0.395. The largest absolute Gasteiger partial charge is 0.496 e. The summed E-state index contributed by atoms with van der Waals surface area (Å²) in [6.45, 7) is 0. The van der Waals surface area contributed by atoms with Crippen LogP contribution in [0.4, 0.5) is 0 Å². The minimum absolute atomic E-state index is 0.172. The van der Waals surface area contributed by atoms with Crippen molar-refractivity contribution in [2.45, 2.75) is 4.90 Å². The number of methoxy groups -OCH3 is 2. The van der Waals surface area contributed by atoms with Crippen molar-refractivity contribution in [3.63, 3.8) is 0 Å². The van der Waals surface area contributed by atoms with Crippen molar-refractivity contribution >= 4 is 9.84 Å². The van der Waals surface area contributed by atoms with Crippen LogP contribution >= 0.6 is 0 Å². The standard InChI is InChI=1S/C15H16O4S/c1-18-13-9-12(20(3,16)17)10-14(19-2)15(13)11-7-5-4-6-8-11/h4-10H,1-3H3. The molecule has 0 heterocycles. The first-order chi connectivity index (χ1) is 9.47. The molecule has 0 amide bonds. The van der Waals surface area contributed by atoms with Gasteiger partial charge in [0.25, 0.3) is 0 Å². The van der Waals surface area contributed by atoms with E-state index in [9.17, 15) is 8.42 Å². The monoisotopic (exact) mass is 292 g/mol. The lowest BCUT2D eigenvalue weighted by atomic mass is 10.0. The zero-order valence-corrected chi connectivity index (χ0v) is 12.4. The lowest BCUT2D eigenvalue weighted by Crippen LogP contribution is -2.01. The summed E-state index contributed by atoms with van der Waals surface area (Å²) in [7, 11) is -0.313. The van der Waals surface area contributed by atoms with Crippen LogP contribution in [-0.4, -0.2) is 28.9 Å². The first kappa shape index (κ1) is 14.4. The molecule has 5 heteroatoms. The van der Waals surface area contributed by atoms with Crippen molar-refractivity contribution in [3.05, 3.63) is 42.5 Å². The summed E-state index contributed by atoms with van der Waals surface area (Å²) >= 11 is 0. The van der Waals surface area contributed by atoms with E-state index in [1.165, 1.54) is 26.4 Å². The average molecular weight is 292 g/mol. The van der Waals surface area contributed by atoms with Gasteiger partial charge < -0.3 is 9.47 Å².